The highest BCUT2D eigenvalue weighted by Gasteiger charge is 2.06. The minimum atomic E-state index is -0.460. The van der Waals surface area contributed by atoms with Crippen molar-refractivity contribution in [2.75, 3.05) is 5.73 Å². The standard InChI is InChI=1S/C9H7FN4/c10-7-5-12-3-1-6(7)9-13-4-2-8(11)14-9/h1-5H,(H2,11,13,14). The molecule has 2 aromatic rings. The SMILES string of the molecule is Nc1ccnc(-c2ccncc2F)n1. The quantitative estimate of drug-likeness (QED) is 0.735. The van der Waals surface area contributed by atoms with Crippen molar-refractivity contribution in [2.24, 2.45) is 0 Å². The molecule has 0 aliphatic carbocycles. The molecule has 2 heterocycles. The first kappa shape index (κ1) is 8.55. The second-order valence-corrected chi connectivity index (χ2v) is 2.66. The van der Waals surface area contributed by atoms with Gasteiger partial charge in [-0.2, -0.15) is 0 Å². The predicted molar refractivity (Wildman–Crippen MR) is 49.6 cm³/mol. The molecule has 2 N–H and O–H groups in total. The number of nitrogens with zero attached hydrogens (tertiary/aromatic N) is 3. The van der Waals surface area contributed by atoms with Gasteiger partial charge in [0.2, 0.25) is 0 Å². The lowest BCUT2D eigenvalue weighted by molar-refractivity contribution is 0.623. The average Bonchev–Trinajstić information content (AvgIpc) is 2.18. The number of hydrogen-bond acceptors (Lipinski definition) is 4. The van der Waals surface area contributed by atoms with E-state index in [0.717, 1.165) is 6.20 Å². The first-order chi connectivity index (χ1) is 6.77. The van der Waals surface area contributed by atoms with Crippen LogP contribution < -0.4 is 5.73 Å². The lowest BCUT2D eigenvalue weighted by Crippen LogP contribution is -1.96. The lowest BCUT2D eigenvalue weighted by atomic mass is 10.2. The highest BCUT2D eigenvalue weighted by molar-refractivity contribution is 5.56. The summed E-state index contributed by atoms with van der Waals surface area (Å²) in [5.41, 5.74) is 5.76. The molecule has 2 rings (SSSR count). The van der Waals surface area contributed by atoms with Gasteiger partial charge in [0.05, 0.1) is 11.8 Å². The molecule has 0 atom stereocenters. The molecule has 5 heteroatoms. The van der Waals surface area contributed by atoms with E-state index in [1.807, 2.05) is 0 Å². The van der Waals surface area contributed by atoms with Crippen LogP contribution in [0.2, 0.25) is 0 Å². The van der Waals surface area contributed by atoms with Crippen molar-refractivity contribution in [1.29, 1.82) is 0 Å². The molecule has 14 heavy (non-hydrogen) atoms. The molecule has 0 aliphatic heterocycles. The Morgan fingerprint density at radius 1 is 1.21 bits per heavy atom. The number of aromatic nitrogens is 3. The summed E-state index contributed by atoms with van der Waals surface area (Å²) in [6.07, 6.45) is 4.07. The van der Waals surface area contributed by atoms with Crippen LogP contribution in [0.15, 0.2) is 30.7 Å². The van der Waals surface area contributed by atoms with Crippen molar-refractivity contribution in [1.82, 2.24) is 15.0 Å². The molecule has 2 aromatic heterocycles. The summed E-state index contributed by atoms with van der Waals surface area (Å²) >= 11 is 0. The van der Waals surface area contributed by atoms with Crippen molar-refractivity contribution in [2.45, 2.75) is 0 Å². The van der Waals surface area contributed by atoms with Crippen molar-refractivity contribution < 1.29 is 4.39 Å². The van der Waals surface area contributed by atoms with Gasteiger partial charge in [0.15, 0.2) is 11.6 Å². The van der Waals surface area contributed by atoms with Crippen LogP contribution in [0.1, 0.15) is 0 Å². The van der Waals surface area contributed by atoms with Crippen LogP contribution in [-0.4, -0.2) is 15.0 Å². The summed E-state index contributed by atoms with van der Waals surface area (Å²) in [5.74, 6) is 0.120. The number of anilines is 1. The van der Waals surface area contributed by atoms with E-state index in [-0.39, 0.29) is 5.82 Å². The summed E-state index contributed by atoms with van der Waals surface area (Å²) in [6.45, 7) is 0. The van der Waals surface area contributed by atoms with Crippen LogP contribution in [0.3, 0.4) is 0 Å². The average molecular weight is 190 g/mol. The Kier molecular flexibility index (Phi) is 2.06. The van der Waals surface area contributed by atoms with Gasteiger partial charge in [-0.05, 0) is 12.1 Å². The zero-order valence-corrected chi connectivity index (χ0v) is 7.18. The fraction of sp³-hybridized carbons (Fsp3) is 0. The van der Waals surface area contributed by atoms with Crippen LogP contribution in [0.4, 0.5) is 10.2 Å². The van der Waals surface area contributed by atoms with Crippen molar-refractivity contribution in [3.63, 3.8) is 0 Å². The van der Waals surface area contributed by atoms with E-state index in [9.17, 15) is 4.39 Å². The lowest BCUT2D eigenvalue weighted by Gasteiger charge is -2.00. The van der Waals surface area contributed by atoms with Crippen LogP contribution in [0, 0.1) is 5.82 Å². The largest absolute Gasteiger partial charge is 0.384 e. The highest BCUT2D eigenvalue weighted by atomic mass is 19.1. The van der Waals surface area contributed by atoms with E-state index in [0.29, 0.717) is 11.4 Å². The van der Waals surface area contributed by atoms with Gasteiger partial charge in [-0.25, -0.2) is 14.4 Å². The molecule has 4 nitrogen and oxygen atoms in total. The second-order valence-electron chi connectivity index (χ2n) is 2.66. The minimum Gasteiger partial charge on any atom is -0.384 e. The monoisotopic (exact) mass is 190 g/mol. The first-order valence-electron chi connectivity index (χ1n) is 3.96. The van der Waals surface area contributed by atoms with E-state index < -0.39 is 5.82 Å². The molecule has 0 radical (unpaired) electrons. The van der Waals surface area contributed by atoms with Gasteiger partial charge in [-0.1, -0.05) is 0 Å². The van der Waals surface area contributed by atoms with Crippen molar-refractivity contribution in [3.05, 3.63) is 36.5 Å². The summed E-state index contributed by atoms with van der Waals surface area (Å²) in [7, 11) is 0. The molecule has 0 aliphatic rings. The van der Waals surface area contributed by atoms with Crippen LogP contribution >= 0.6 is 0 Å². The maximum atomic E-state index is 13.2. The fourth-order valence-electron chi connectivity index (χ4n) is 1.06. The molecule has 0 saturated carbocycles. The Labute approximate surface area is 79.7 Å². The van der Waals surface area contributed by atoms with Crippen LogP contribution in [0.25, 0.3) is 11.4 Å². The molecule has 0 unspecified atom stereocenters. The number of nitrogen functional groups attached to an aromatic ring is 1. The van der Waals surface area contributed by atoms with Gasteiger partial charge >= 0.3 is 0 Å². The number of pyridine rings is 1. The van der Waals surface area contributed by atoms with E-state index in [1.54, 1.807) is 6.07 Å². The molecule has 0 spiro atoms. The van der Waals surface area contributed by atoms with Crippen LogP contribution in [-0.2, 0) is 0 Å². The number of nitrogens with two attached hydrogens (primary N) is 1. The van der Waals surface area contributed by atoms with Crippen LogP contribution in [0.5, 0.6) is 0 Å². The molecule has 0 bridgehead atoms. The topological polar surface area (TPSA) is 64.7 Å². The Bertz CT molecular complexity index is 458. The summed E-state index contributed by atoms with van der Waals surface area (Å²) in [4.78, 5) is 11.4. The summed E-state index contributed by atoms with van der Waals surface area (Å²) in [5, 5.41) is 0. The van der Waals surface area contributed by atoms with E-state index in [2.05, 4.69) is 15.0 Å². The number of rotatable bonds is 1. The minimum absolute atomic E-state index is 0.268. The molecule has 70 valence electrons. The predicted octanol–water partition coefficient (Wildman–Crippen LogP) is 1.26. The van der Waals surface area contributed by atoms with Gasteiger partial charge in [0.25, 0.3) is 0 Å². The van der Waals surface area contributed by atoms with Gasteiger partial charge < -0.3 is 5.73 Å². The third kappa shape index (κ3) is 1.52. The maximum absolute atomic E-state index is 13.2. The first-order valence-corrected chi connectivity index (χ1v) is 3.96. The molecule has 0 saturated heterocycles. The Balaban J connectivity index is 2.55. The molecule has 0 aromatic carbocycles. The third-order valence-electron chi connectivity index (χ3n) is 1.69. The zero-order valence-electron chi connectivity index (χ0n) is 7.18. The normalized spacial score (nSPS) is 10.1. The number of halogens is 1. The number of hydrogen-bond donors (Lipinski definition) is 1. The summed E-state index contributed by atoms with van der Waals surface area (Å²) < 4.78 is 13.2. The Morgan fingerprint density at radius 2 is 2.07 bits per heavy atom. The molecule has 0 fully saturated rings. The van der Waals surface area contributed by atoms with Crippen molar-refractivity contribution >= 4 is 5.82 Å². The van der Waals surface area contributed by atoms with E-state index >= 15 is 0 Å². The van der Waals surface area contributed by atoms with Gasteiger partial charge in [-0.3, -0.25) is 4.98 Å². The molecular weight excluding hydrogens is 183 g/mol. The van der Waals surface area contributed by atoms with E-state index in [4.69, 9.17) is 5.73 Å². The smallest absolute Gasteiger partial charge is 0.164 e. The Morgan fingerprint density at radius 3 is 2.79 bits per heavy atom. The highest BCUT2D eigenvalue weighted by Crippen LogP contribution is 2.17. The third-order valence-corrected chi connectivity index (χ3v) is 1.69. The molecule has 0 amide bonds. The van der Waals surface area contributed by atoms with Crippen molar-refractivity contribution in [3.8, 4) is 11.4 Å². The summed E-state index contributed by atoms with van der Waals surface area (Å²) in [6, 6.07) is 3.05. The zero-order chi connectivity index (χ0) is 9.97. The van der Waals surface area contributed by atoms with Gasteiger partial charge in [0, 0.05) is 12.4 Å². The maximum Gasteiger partial charge on any atom is 0.164 e. The second kappa shape index (κ2) is 3.37. The Hall–Kier alpha value is -2.04. The van der Waals surface area contributed by atoms with E-state index in [1.165, 1.54) is 18.5 Å². The molecular formula is C9H7FN4. The van der Waals surface area contributed by atoms with Gasteiger partial charge in [0.1, 0.15) is 5.82 Å². The van der Waals surface area contributed by atoms with Gasteiger partial charge in [-0.15, -0.1) is 0 Å². The fourth-order valence-corrected chi connectivity index (χ4v) is 1.06.